The number of amidine groups is 1. The van der Waals surface area contributed by atoms with Gasteiger partial charge in [-0.3, -0.25) is 0 Å². The Bertz CT molecular complexity index is 375. The summed E-state index contributed by atoms with van der Waals surface area (Å²) in [5.74, 6) is 1.11. The molecule has 3 nitrogen and oxygen atoms in total. The van der Waals surface area contributed by atoms with Crippen LogP contribution >= 0.6 is 11.6 Å². The van der Waals surface area contributed by atoms with E-state index in [1.807, 2.05) is 19.9 Å². The van der Waals surface area contributed by atoms with Crippen molar-refractivity contribution in [2.45, 2.75) is 19.8 Å². The number of nitrogens with two attached hydrogens (primary N) is 1. The van der Waals surface area contributed by atoms with E-state index in [1.54, 1.807) is 12.1 Å². The fourth-order valence-corrected chi connectivity index (χ4v) is 1.33. The minimum atomic E-state index is 0.206. The highest BCUT2D eigenvalue weighted by Crippen LogP contribution is 2.29. The minimum Gasteiger partial charge on any atom is -0.508 e. The Balaban J connectivity index is 3.08. The van der Waals surface area contributed by atoms with E-state index >= 15 is 0 Å². The van der Waals surface area contributed by atoms with Gasteiger partial charge in [0.15, 0.2) is 0 Å². The molecular weight excluding hydrogens is 212 g/mol. The van der Waals surface area contributed by atoms with Crippen LogP contribution < -0.4 is 5.73 Å². The van der Waals surface area contributed by atoms with Gasteiger partial charge < -0.3 is 10.8 Å². The molecule has 0 spiro atoms. The van der Waals surface area contributed by atoms with Crippen LogP contribution in [0.4, 0.5) is 5.69 Å². The predicted molar refractivity (Wildman–Crippen MR) is 64.2 cm³/mol. The Morgan fingerprint density at radius 3 is 2.73 bits per heavy atom. The molecule has 0 saturated heterocycles. The van der Waals surface area contributed by atoms with Crippen LogP contribution in [0.15, 0.2) is 23.2 Å². The van der Waals surface area contributed by atoms with Gasteiger partial charge in [0.25, 0.3) is 0 Å². The molecule has 0 heterocycles. The number of hydrogen-bond acceptors (Lipinski definition) is 2. The van der Waals surface area contributed by atoms with Crippen molar-refractivity contribution < 1.29 is 5.11 Å². The maximum atomic E-state index is 9.59. The molecule has 0 aliphatic rings. The lowest BCUT2D eigenvalue weighted by molar-refractivity contribution is 0.465. The molecule has 1 aromatic rings. The number of nitrogens with zero attached hydrogens (tertiary/aromatic N) is 1. The molecule has 0 aromatic heterocycles. The molecule has 4 heteroatoms. The zero-order valence-corrected chi connectivity index (χ0v) is 9.62. The zero-order chi connectivity index (χ0) is 11.4. The average Bonchev–Trinajstić information content (AvgIpc) is 2.20. The molecular formula is C11H15ClN2O. The SMILES string of the molecule is CC(C)c1cc(N=C(N)CCl)ccc1O. The van der Waals surface area contributed by atoms with Crippen LogP contribution in [-0.4, -0.2) is 16.8 Å². The number of phenols is 1. The molecule has 1 aromatic carbocycles. The zero-order valence-electron chi connectivity index (χ0n) is 8.87. The van der Waals surface area contributed by atoms with Gasteiger partial charge in [0.05, 0.1) is 11.6 Å². The molecule has 15 heavy (non-hydrogen) atoms. The van der Waals surface area contributed by atoms with Gasteiger partial charge in [0.1, 0.15) is 11.6 Å². The first-order valence-corrected chi connectivity index (χ1v) is 5.30. The van der Waals surface area contributed by atoms with Gasteiger partial charge in [0.2, 0.25) is 0 Å². The van der Waals surface area contributed by atoms with Crippen molar-refractivity contribution in [2.24, 2.45) is 10.7 Å². The number of halogens is 1. The Morgan fingerprint density at radius 1 is 1.53 bits per heavy atom. The van der Waals surface area contributed by atoms with Gasteiger partial charge in [-0.15, -0.1) is 11.6 Å². The van der Waals surface area contributed by atoms with Crippen molar-refractivity contribution in [2.75, 3.05) is 5.88 Å². The molecule has 0 fully saturated rings. The van der Waals surface area contributed by atoms with E-state index in [4.69, 9.17) is 17.3 Å². The quantitative estimate of drug-likeness (QED) is 0.473. The van der Waals surface area contributed by atoms with Crippen LogP contribution in [0.25, 0.3) is 0 Å². The van der Waals surface area contributed by atoms with Crippen LogP contribution in [0, 0.1) is 0 Å². The van der Waals surface area contributed by atoms with Crippen LogP contribution in [0.5, 0.6) is 5.75 Å². The Morgan fingerprint density at radius 2 is 2.20 bits per heavy atom. The maximum Gasteiger partial charge on any atom is 0.119 e. The Kier molecular flexibility index (Phi) is 3.97. The number of rotatable bonds is 3. The lowest BCUT2D eigenvalue weighted by Gasteiger charge is -2.08. The Hall–Kier alpha value is -1.22. The summed E-state index contributed by atoms with van der Waals surface area (Å²) in [7, 11) is 0. The van der Waals surface area contributed by atoms with Crippen molar-refractivity contribution in [1.82, 2.24) is 0 Å². The summed E-state index contributed by atoms with van der Waals surface area (Å²) >= 11 is 5.53. The standard InChI is InChI=1S/C11H15ClN2O/c1-7(2)9-5-8(3-4-10(9)15)14-11(13)6-12/h3-5,7,15H,6H2,1-2H3,(H2,13,14). The topological polar surface area (TPSA) is 58.6 Å². The maximum absolute atomic E-state index is 9.59. The second-order valence-corrected chi connectivity index (χ2v) is 3.90. The molecule has 0 saturated carbocycles. The summed E-state index contributed by atoms with van der Waals surface area (Å²) < 4.78 is 0. The number of aromatic hydroxyl groups is 1. The molecule has 82 valence electrons. The van der Waals surface area contributed by atoms with Crippen molar-refractivity contribution >= 4 is 23.1 Å². The Labute approximate surface area is 94.6 Å². The van der Waals surface area contributed by atoms with Crippen LogP contribution in [-0.2, 0) is 0 Å². The van der Waals surface area contributed by atoms with Crippen LogP contribution in [0.2, 0.25) is 0 Å². The summed E-state index contributed by atoms with van der Waals surface area (Å²) in [5.41, 5.74) is 7.10. The number of benzene rings is 1. The highest BCUT2D eigenvalue weighted by molar-refractivity contribution is 6.28. The van der Waals surface area contributed by atoms with Crippen molar-refractivity contribution in [3.05, 3.63) is 23.8 Å². The predicted octanol–water partition coefficient (Wildman–Crippen LogP) is 2.74. The minimum absolute atomic E-state index is 0.206. The molecule has 3 N–H and O–H groups in total. The van der Waals surface area contributed by atoms with Crippen molar-refractivity contribution in [3.8, 4) is 5.75 Å². The summed E-state index contributed by atoms with van der Waals surface area (Å²) in [6.45, 7) is 4.01. The van der Waals surface area contributed by atoms with Gasteiger partial charge in [-0.1, -0.05) is 13.8 Å². The molecule has 0 atom stereocenters. The summed E-state index contributed by atoms with van der Waals surface area (Å²) in [5, 5.41) is 9.59. The van der Waals surface area contributed by atoms with Crippen LogP contribution in [0.3, 0.4) is 0 Å². The third kappa shape index (κ3) is 3.13. The first-order valence-electron chi connectivity index (χ1n) is 4.76. The monoisotopic (exact) mass is 226 g/mol. The normalized spacial score (nSPS) is 12.1. The molecule has 0 radical (unpaired) electrons. The van der Waals surface area contributed by atoms with Crippen molar-refractivity contribution in [1.29, 1.82) is 0 Å². The van der Waals surface area contributed by atoms with Gasteiger partial charge >= 0.3 is 0 Å². The van der Waals surface area contributed by atoms with Gasteiger partial charge in [-0.2, -0.15) is 0 Å². The van der Waals surface area contributed by atoms with E-state index in [9.17, 15) is 5.11 Å². The fourth-order valence-electron chi connectivity index (χ4n) is 1.27. The second-order valence-electron chi connectivity index (χ2n) is 3.63. The number of alkyl halides is 1. The van der Waals surface area contributed by atoms with E-state index in [2.05, 4.69) is 4.99 Å². The summed E-state index contributed by atoms with van der Waals surface area (Å²) in [4.78, 5) is 4.11. The van der Waals surface area contributed by atoms with E-state index < -0.39 is 0 Å². The summed E-state index contributed by atoms with van der Waals surface area (Å²) in [6, 6.07) is 5.15. The van der Waals surface area contributed by atoms with E-state index in [1.165, 1.54) is 0 Å². The highest BCUT2D eigenvalue weighted by atomic mass is 35.5. The number of phenolic OH excluding ortho intramolecular Hbond substituents is 1. The number of aliphatic imine (C=N–C) groups is 1. The molecule has 0 amide bonds. The first kappa shape index (κ1) is 11.9. The van der Waals surface area contributed by atoms with Crippen LogP contribution in [0.1, 0.15) is 25.3 Å². The third-order valence-electron chi connectivity index (χ3n) is 2.04. The lowest BCUT2D eigenvalue weighted by atomic mass is 10.0. The largest absolute Gasteiger partial charge is 0.508 e. The average molecular weight is 227 g/mol. The molecule has 0 aliphatic carbocycles. The van der Waals surface area contributed by atoms with E-state index in [-0.39, 0.29) is 17.5 Å². The number of hydrogen-bond donors (Lipinski definition) is 2. The highest BCUT2D eigenvalue weighted by Gasteiger charge is 2.06. The fraction of sp³-hybridized carbons (Fsp3) is 0.364. The lowest BCUT2D eigenvalue weighted by Crippen LogP contribution is -2.12. The molecule has 0 aliphatic heterocycles. The smallest absolute Gasteiger partial charge is 0.119 e. The van der Waals surface area contributed by atoms with E-state index in [0.717, 1.165) is 11.3 Å². The van der Waals surface area contributed by atoms with Crippen molar-refractivity contribution in [3.63, 3.8) is 0 Å². The second kappa shape index (κ2) is 5.03. The third-order valence-corrected chi connectivity index (χ3v) is 2.32. The van der Waals surface area contributed by atoms with E-state index in [0.29, 0.717) is 5.84 Å². The molecule has 1 rings (SSSR count). The van der Waals surface area contributed by atoms with Gasteiger partial charge in [0, 0.05) is 0 Å². The first-order chi connectivity index (χ1) is 7.04. The summed E-state index contributed by atoms with van der Waals surface area (Å²) in [6.07, 6.45) is 0. The van der Waals surface area contributed by atoms with Gasteiger partial charge in [-0.05, 0) is 29.7 Å². The van der Waals surface area contributed by atoms with Gasteiger partial charge in [-0.25, -0.2) is 4.99 Å². The molecule has 0 bridgehead atoms. The molecule has 0 unspecified atom stereocenters.